The Morgan fingerprint density at radius 3 is 2.82 bits per heavy atom. The van der Waals surface area contributed by atoms with Crippen LogP contribution in [0, 0.1) is 12.8 Å². The molecule has 1 fully saturated rings. The molecule has 0 saturated carbocycles. The van der Waals surface area contributed by atoms with Crippen molar-refractivity contribution in [2.75, 3.05) is 19.8 Å². The number of hydrogen-bond donors (Lipinski definition) is 1. The molecule has 0 bridgehead atoms. The van der Waals surface area contributed by atoms with Crippen molar-refractivity contribution in [3.8, 4) is 0 Å². The van der Waals surface area contributed by atoms with Gasteiger partial charge in [0.05, 0.1) is 0 Å². The third-order valence-corrected chi connectivity index (χ3v) is 4.71. The van der Waals surface area contributed by atoms with E-state index in [1.807, 2.05) is 11.3 Å². The molecule has 1 N–H and O–H groups in total. The predicted octanol–water partition coefficient (Wildman–Crippen LogP) is 3.52. The van der Waals surface area contributed by atoms with Gasteiger partial charge in [-0.3, -0.25) is 0 Å². The Bertz CT molecular complexity index is 331. The SMILES string of the molecule is CCNC(CC1CCOCC1)c1sccc1C. The molecule has 0 amide bonds. The van der Waals surface area contributed by atoms with E-state index in [-0.39, 0.29) is 0 Å². The molecule has 1 aliphatic heterocycles. The van der Waals surface area contributed by atoms with Crippen molar-refractivity contribution in [3.05, 3.63) is 21.9 Å². The molecule has 2 heterocycles. The molecule has 96 valence electrons. The highest BCUT2D eigenvalue weighted by Crippen LogP contribution is 2.32. The maximum Gasteiger partial charge on any atom is 0.0468 e. The average Bonchev–Trinajstić information content (AvgIpc) is 2.76. The van der Waals surface area contributed by atoms with Crippen LogP contribution in [0.3, 0.4) is 0 Å². The van der Waals surface area contributed by atoms with Crippen LogP contribution < -0.4 is 5.32 Å². The molecule has 1 aliphatic rings. The van der Waals surface area contributed by atoms with Gasteiger partial charge in [-0.15, -0.1) is 11.3 Å². The van der Waals surface area contributed by atoms with E-state index < -0.39 is 0 Å². The Labute approximate surface area is 108 Å². The molecule has 1 aromatic heterocycles. The molecule has 17 heavy (non-hydrogen) atoms. The van der Waals surface area contributed by atoms with Crippen LogP contribution in [-0.2, 0) is 4.74 Å². The minimum absolute atomic E-state index is 0.545. The van der Waals surface area contributed by atoms with Gasteiger partial charge in [0.2, 0.25) is 0 Å². The van der Waals surface area contributed by atoms with E-state index in [0.29, 0.717) is 6.04 Å². The van der Waals surface area contributed by atoms with E-state index in [1.165, 1.54) is 29.7 Å². The fraction of sp³-hybridized carbons (Fsp3) is 0.714. The van der Waals surface area contributed by atoms with Gasteiger partial charge in [-0.2, -0.15) is 0 Å². The van der Waals surface area contributed by atoms with Gasteiger partial charge in [-0.05, 0) is 55.7 Å². The maximum atomic E-state index is 5.44. The molecule has 3 heteroatoms. The zero-order chi connectivity index (χ0) is 12.1. The largest absolute Gasteiger partial charge is 0.381 e. The van der Waals surface area contributed by atoms with Crippen molar-refractivity contribution < 1.29 is 4.74 Å². The highest BCUT2D eigenvalue weighted by atomic mass is 32.1. The predicted molar refractivity (Wildman–Crippen MR) is 73.6 cm³/mol. The quantitative estimate of drug-likeness (QED) is 0.867. The molecule has 1 atom stereocenters. The van der Waals surface area contributed by atoms with E-state index in [2.05, 4.69) is 30.6 Å². The molecule has 0 spiro atoms. The summed E-state index contributed by atoms with van der Waals surface area (Å²) < 4.78 is 5.44. The molecule has 1 unspecified atom stereocenters. The lowest BCUT2D eigenvalue weighted by Crippen LogP contribution is -2.26. The van der Waals surface area contributed by atoms with Crippen molar-refractivity contribution in [2.45, 2.75) is 39.2 Å². The zero-order valence-electron chi connectivity index (χ0n) is 10.9. The van der Waals surface area contributed by atoms with Gasteiger partial charge < -0.3 is 10.1 Å². The summed E-state index contributed by atoms with van der Waals surface area (Å²) in [5.74, 6) is 0.828. The first-order valence-electron chi connectivity index (χ1n) is 6.66. The summed E-state index contributed by atoms with van der Waals surface area (Å²) in [6.45, 7) is 7.37. The first kappa shape index (κ1) is 13.1. The Balaban J connectivity index is 1.99. The van der Waals surface area contributed by atoms with Gasteiger partial charge in [0.15, 0.2) is 0 Å². The molecule has 2 nitrogen and oxygen atoms in total. The number of rotatable bonds is 5. The second-order valence-corrected chi connectivity index (χ2v) is 5.82. The highest BCUT2D eigenvalue weighted by Gasteiger charge is 2.21. The van der Waals surface area contributed by atoms with E-state index in [4.69, 9.17) is 4.74 Å². The van der Waals surface area contributed by atoms with Crippen LogP contribution in [-0.4, -0.2) is 19.8 Å². The minimum Gasteiger partial charge on any atom is -0.381 e. The first-order valence-corrected chi connectivity index (χ1v) is 7.54. The van der Waals surface area contributed by atoms with E-state index in [1.54, 1.807) is 0 Å². The lowest BCUT2D eigenvalue weighted by Gasteiger charge is -2.27. The van der Waals surface area contributed by atoms with E-state index in [0.717, 1.165) is 25.7 Å². The Morgan fingerprint density at radius 2 is 2.24 bits per heavy atom. The van der Waals surface area contributed by atoms with Gasteiger partial charge in [0.1, 0.15) is 0 Å². The number of aryl methyl sites for hydroxylation is 1. The van der Waals surface area contributed by atoms with Gasteiger partial charge in [-0.1, -0.05) is 6.92 Å². The highest BCUT2D eigenvalue weighted by molar-refractivity contribution is 7.10. The summed E-state index contributed by atoms with van der Waals surface area (Å²) >= 11 is 1.89. The molecule has 2 rings (SSSR count). The van der Waals surface area contributed by atoms with Crippen LogP contribution >= 0.6 is 11.3 Å². The van der Waals surface area contributed by atoms with Crippen LogP contribution in [0.5, 0.6) is 0 Å². The second-order valence-electron chi connectivity index (χ2n) is 4.87. The fourth-order valence-electron chi connectivity index (χ4n) is 2.59. The van der Waals surface area contributed by atoms with Crippen LogP contribution in [0.15, 0.2) is 11.4 Å². The molecule has 1 aromatic rings. The van der Waals surface area contributed by atoms with E-state index in [9.17, 15) is 0 Å². The maximum absolute atomic E-state index is 5.44. The number of thiophene rings is 1. The van der Waals surface area contributed by atoms with Crippen molar-refractivity contribution in [2.24, 2.45) is 5.92 Å². The fourth-order valence-corrected chi connectivity index (χ4v) is 3.60. The standard InChI is InChI=1S/C14H23NOS/c1-3-15-13(14-11(2)6-9-17-14)10-12-4-7-16-8-5-12/h6,9,12-13,15H,3-5,7-8,10H2,1-2H3. The second kappa shape index (κ2) is 6.53. The van der Waals surface area contributed by atoms with Crippen LogP contribution in [0.2, 0.25) is 0 Å². The smallest absolute Gasteiger partial charge is 0.0468 e. The van der Waals surface area contributed by atoms with Crippen molar-refractivity contribution in [1.29, 1.82) is 0 Å². The number of hydrogen-bond acceptors (Lipinski definition) is 3. The van der Waals surface area contributed by atoms with Gasteiger partial charge in [-0.25, -0.2) is 0 Å². The monoisotopic (exact) mass is 253 g/mol. The van der Waals surface area contributed by atoms with E-state index >= 15 is 0 Å². The van der Waals surface area contributed by atoms with Gasteiger partial charge >= 0.3 is 0 Å². The zero-order valence-corrected chi connectivity index (χ0v) is 11.7. The normalized spacial score (nSPS) is 19.4. The summed E-state index contributed by atoms with van der Waals surface area (Å²) in [5.41, 5.74) is 1.44. The summed E-state index contributed by atoms with van der Waals surface area (Å²) in [6, 6.07) is 2.78. The van der Waals surface area contributed by atoms with Crippen molar-refractivity contribution >= 4 is 11.3 Å². The van der Waals surface area contributed by atoms with Crippen LogP contribution in [0.4, 0.5) is 0 Å². The third kappa shape index (κ3) is 3.54. The third-order valence-electron chi connectivity index (χ3n) is 3.58. The summed E-state index contributed by atoms with van der Waals surface area (Å²) in [5, 5.41) is 5.85. The first-order chi connectivity index (χ1) is 8.31. The lowest BCUT2D eigenvalue weighted by atomic mass is 9.91. The molecule has 0 radical (unpaired) electrons. The number of ether oxygens (including phenoxy) is 1. The van der Waals surface area contributed by atoms with Crippen LogP contribution in [0.25, 0.3) is 0 Å². The van der Waals surface area contributed by atoms with Crippen molar-refractivity contribution in [3.63, 3.8) is 0 Å². The average molecular weight is 253 g/mol. The lowest BCUT2D eigenvalue weighted by molar-refractivity contribution is 0.0607. The Morgan fingerprint density at radius 1 is 1.47 bits per heavy atom. The van der Waals surface area contributed by atoms with Gasteiger partial charge in [0.25, 0.3) is 0 Å². The molecular formula is C14H23NOS. The minimum atomic E-state index is 0.545. The summed E-state index contributed by atoms with van der Waals surface area (Å²) in [7, 11) is 0. The molecular weight excluding hydrogens is 230 g/mol. The Kier molecular flexibility index (Phi) is 5.01. The van der Waals surface area contributed by atoms with Crippen LogP contribution in [0.1, 0.15) is 42.7 Å². The molecule has 0 aromatic carbocycles. The Hall–Kier alpha value is -0.380. The summed E-state index contributed by atoms with van der Waals surface area (Å²) in [6.07, 6.45) is 3.72. The molecule has 0 aliphatic carbocycles. The number of nitrogens with one attached hydrogen (secondary N) is 1. The van der Waals surface area contributed by atoms with Gasteiger partial charge in [0, 0.05) is 24.1 Å². The molecule has 1 saturated heterocycles. The van der Waals surface area contributed by atoms with Crippen molar-refractivity contribution in [1.82, 2.24) is 5.32 Å². The topological polar surface area (TPSA) is 21.3 Å². The summed E-state index contributed by atoms with van der Waals surface area (Å²) in [4.78, 5) is 1.53.